The van der Waals surface area contributed by atoms with E-state index in [9.17, 15) is 0 Å². The van der Waals surface area contributed by atoms with Gasteiger partial charge in [0.05, 0.1) is 0 Å². The summed E-state index contributed by atoms with van der Waals surface area (Å²) in [5.41, 5.74) is 0. The topological polar surface area (TPSA) is 6.48 Å². The number of hydrogen-bond donors (Lipinski definition) is 0. The molecular weight excluding hydrogens is 309 g/mol. The molecular formula is C14H36N2Si4. The summed E-state index contributed by atoms with van der Waals surface area (Å²) in [4.78, 5) is 0. The SMILES string of the molecule is C[Si]1(C)CC[Si](C)(C)N1CCN1[Si](C)(C)CC[Si]1(C)C. The maximum atomic E-state index is 3.08. The van der Waals surface area contributed by atoms with Gasteiger partial charge in [0.2, 0.25) is 0 Å². The average Bonchev–Trinajstić information content (AvgIpc) is 2.60. The lowest BCUT2D eigenvalue weighted by Crippen LogP contribution is -2.61. The molecule has 2 saturated heterocycles. The Morgan fingerprint density at radius 1 is 0.500 bits per heavy atom. The summed E-state index contributed by atoms with van der Waals surface area (Å²) in [6.07, 6.45) is 0. The minimum absolute atomic E-state index is 1.07. The molecule has 2 fully saturated rings. The molecule has 0 aromatic carbocycles. The summed E-state index contributed by atoms with van der Waals surface area (Å²) in [5, 5.41) is 0. The summed E-state index contributed by atoms with van der Waals surface area (Å²) in [6.45, 7) is 23.7. The zero-order valence-corrected chi connectivity index (χ0v) is 19.1. The highest BCUT2D eigenvalue weighted by atomic mass is 28.4. The Morgan fingerprint density at radius 2 is 0.700 bits per heavy atom. The molecule has 0 aliphatic carbocycles. The maximum absolute atomic E-state index is 3.08. The maximum Gasteiger partial charge on any atom is 0.115 e. The smallest absolute Gasteiger partial charge is 0.115 e. The van der Waals surface area contributed by atoms with E-state index in [1.54, 1.807) is 24.2 Å². The molecule has 20 heavy (non-hydrogen) atoms. The van der Waals surface area contributed by atoms with Gasteiger partial charge in [0, 0.05) is 0 Å². The van der Waals surface area contributed by atoms with Gasteiger partial charge in [-0.25, -0.2) is 0 Å². The molecule has 2 rings (SSSR count). The third kappa shape index (κ3) is 3.10. The minimum atomic E-state index is -1.07. The molecule has 2 nitrogen and oxygen atoms in total. The summed E-state index contributed by atoms with van der Waals surface area (Å²) in [7, 11) is -4.28. The Balaban J connectivity index is 2.08. The van der Waals surface area contributed by atoms with Gasteiger partial charge in [0.25, 0.3) is 0 Å². The second-order valence-corrected chi connectivity index (χ2v) is 29.1. The fourth-order valence-corrected chi connectivity index (χ4v) is 33.0. The van der Waals surface area contributed by atoms with Crippen LogP contribution in [0.2, 0.25) is 76.6 Å². The number of hydrogen-bond acceptors (Lipinski definition) is 2. The van der Waals surface area contributed by atoms with Crippen molar-refractivity contribution in [2.24, 2.45) is 0 Å². The van der Waals surface area contributed by atoms with Crippen LogP contribution in [0.4, 0.5) is 0 Å². The van der Waals surface area contributed by atoms with E-state index in [0.29, 0.717) is 0 Å². The summed E-state index contributed by atoms with van der Waals surface area (Å²) in [6, 6.07) is 6.20. The van der Waals surface area contributed by atoms with Crippen molar-refractivity contribution in [3.8, 4) is 0 Å². The van der Waals surface area contributed by atoms with Crippen molar-refractivity contribution < 1.29 is 0 Å². The van der Waals surface area contributed by atoms with Gasteiger partial charge >= 0.3 is 0 Å². The van der Waals surface area contributed by atoms with Crippen LogP contribution in [0, 0.1) is 0 Å². The van der Waals surface area contributed by atoms with E-state index >= 15 is 0 Å². The van der Waals surface area contributed by atoms with Crippen LogP contribution in [-0.4, -0.2) is 54.5 Å². The molecule has 6 heteroatoms. The molecule has 118 valence electrons. The van der Waals surface area contributed by atoms with Crippen molar-refractivity contribution in [3.05, 3.63) is 0 Å². The van der Waals surface area contributed by atoms with Gasteiger partial charge in [-0.2, -0.15) is 0 Å². The highest BCUT2D eigenvalue weighted by Gasteiger charge is 2.50. The molecule has 0 spiro atoms. The van der Waals surface area contributed by atoms with Crippen LogP contribution in [0.3, 0.4) is 0 Å². The Labute approximate surface area is 131 Å². The second kappa shape index (κ2) is 5.16. The third-order valence-electron chi connectivity index (χ3n) is 6.17. The molecule has 0 amide bonds. The summed E-state index contributed by atoms with van der Waals surface area (Å²) >= 11 is 0. The standard InChI is InChI=1S/C14H36N2Si4/c1-17(2)11-12-18(3,4)15(17)9-10-16-19(5,6)13-14-20(16,7)8/h9-14H2,1-8H3. The Kier molecular flexibility index (Phi) is 4.42. The first-order chi connectivity index (χ1) is 8.89. The largest absolute Gasteiger partial charge is 0.344 e. The van der Waals surface area contributed by atoms with Crippen molar-refractivity contribution in [2.75, 3.05) is 13.1 Å². The van der Waals surface area contributed by atoms with Crippen LogP contribution >= 0.6 is 0 Å². The zero-order valence-electron chi connectivity index (χ0n) is 15.1. The fourth-order valence-electron chi connectivity index (χ4n) is 4.81. The van der Waals surface area contributed by atoms with Crippen LogP contribution in [0.1, 0.15) is 0 Å². The number of rotatable bonds is 3. The van der Waals surface area contributed by atoms with Crippen molar-refractivity contribution in [1.29, 1.82) is 0 Å². The van der Waals surface area contributed by atoms with Crippen LogP contribution in [-0.2, 0) is 0 Å². The molecule has 2 aliphatic rings. The van der Waals surface area contributed by atoms with Gasteiger partial charge in [0.1, 0.15) is 32.9 Å². The molecule has 0 radical (unpaired) electrons. The summed E-state index contributed by atoms with van der Waals surface area (Å²) < 4.78 is 6.15. The molecule has 2 aliphatic heterocycles. The molecule has 0 N–H and O–H groups in total. The highest BCUT2D eigenvalue weighted by molar-refractivity contribution is 6.96. The van der Waals surface area contributed by atoms with Crippen LogP contribution in [0.5, 0.6) is 0 Å². The fraction of sp³-hybridized carbons (Fsp3) is 1.00. The second-order valence-electron chi connectivity index (χ2n) is 9.55. The normalized spacial score (nSPS) is 31.8. The summed E-state index contributed by atoms with van der Waals surface area (Å²) in [5.74, 6) is 0. The molecule has 0 atom stereocenters. The van der Waals surface area contributed by atoms with E-state index in [0.717, 1.165) is 0 Å². The molecule has 0 aromatic heterocycles. The monoisotopic (exact) mass is 344 g/mol. The lowest BCUT2D eigenvalue weighted by molar-refractivity contribution is 0.525. The number of nitrogens with zero attached hydrogens (tertiary/aromatic N) is 2. The zero-order chi connectivity index (χ0) is 15.4. The predicted molar refractivity (Wildman–Crippen MR) is 103 cm³/mol. The molecule has 2 heterocycles. The predicted octanol–water partition coefficient (Wildman–Crippen LogP) is 4.44. The molecule has 0 saturated carbocycles. The van der Waals surface area contributed by atoms with Gasteiger partial charge in [-0.3, -0.25) is 0 Å². The highest BCUT2D eigenvalue weighted by Crippen LogP contribution is 2.39. The van der Waals surface area contributed by atoms with E-state index in [1.165, 1.54) is 13.1 Å². The average molecular weight is 345 g/mol. The van der Waals surface area contributed by atoms with Gasteiger partial charge in [0.15, 0.2) is 0 Å². The minimum Gasteiger partial charge on any atom is -0.344 e. The first kappa shape index (κ1) is 17.1. The van der Waals surface area contributed by atoms with E-state index in [-0.39, 0.29) is 0 Å². The van der Waals surface area contributed by atoms with E-state index in [1.807, 2.05) is 0 Å². The Bertz CT molecular complexity index is 311. The first-order valence-corrected chi connectivity index (χ1v) is 21.1. The van der Waals surface area contributed by atoms with Crippen LogP contribution in [0.25, 0.3) is 0 Å². The lowest BCUT2D eigenvalue weighted by Gasteiger charge is -2.44. The Hall–Kier alpha value is 0.788. The van der Waals surface area contributed by atoms with E-state index in [2.05, 4.69) is 60.8 Å². The van der Waals surface area contributed by atoms with Crippen molar-refractivity contribution in [2.45, 2.75) is 76.6 Å². The van der Waals surface area contributed by atoms with Crippen LogP contribution in [0.15, 0.2) is 0 Å². The van der Waals surface area contributed by atoms with Crippen molar-refractivity contribution in [1.82, 2.24) is 8.46 Å². The van der Waals surface area contributed by atoms with Gasteiger partial charge in [-0.1, -0.05) is 52.4 Å². The molecule has 0 bridgehead atoms. The third-order valence-corrected chi connectivity index (χ3v) is 27.1. The van der Waals surface area contributed by atoms with E-state index in [4.69, 9.17) is 0 Å². The lowest BCUT2D eigenvalue weighted by atomic mass is 10.7. The van der Waals surface area contributed by atoms with Gasteiger partial charge in [-0.15, -0.1) is 0 Å². The quantitative estimate of drug-likeness (QED) is 0.698. The van der Waals surface area contributed by atoms with Crippen LogP contribution < -0.4 is 0 Å². The molecule has 0 unspecified atom stereocenters. The van der Waals surface area contributed by atoms with Crippen molar-refractivity contribution >= 4 is 32.9 Å². The first-order valence-electron chi connectivity index (χ1n) is 8.44. The van der Waals surface area contributed by atoms with Crippen molar-refractivity contribution in [3.63, 3.8) is 0 Å². The van der Waals surface area contributed by atoms with Gasteiger partial charge < -0.3 is 8.46 Å². The van der Waals surface area contributed by atoms with Gasteiger partial charge in [-0.05, 0) is 37.3 Å². The molecule has 0 aromatic rings. The Morgan fingerprint density at radius 3 is 0.900 bits per heavy atom. The van der Waals surface area contributed by atoms with E-state index < -0.39 is 32.9 Å².